The fraction of sp³-hybridized carbons (Fsp3) is 0.300. The molecule has 0 spiro atoms. The van der Waals surface area contributed by atoms with E-state index < -0.39 is 0 Å². The highest BCUT2D eigenvalue weighted by molar-refractivity contribution is 5.52. The van der Waals surface area contributed by atoms with Crippen molar-refractivity contribution in [1.82, 2.24) is 19.0 Å². The third-order valence-electron chi connectivity index (χ3n) is 4.67. The number of aromatic nitrogens is 4. The summed E-state index contributed by atoms with van der Waals surface area (Å²) < 4.78 is 4.02. The Labute approximate surface area is 141 Å². The Morgan fingerprint density at radius 1 is 1.08 bits per heavy atom. The summed E-state index contributed by atoms with van der Waals surface area (Å²) in [7, 11) is 0. The fourth-order valence-corrected chi connectivity index (χ4v) is 3.20. The van der Waals surface area contributed by atoms with Gasteiger partial charge in [-0.1, -0.05) is 20.8 Å². The smallest absolute Gasteiger partial charge is 0.0994 e. The molecule has 0 amide bonds. The van der Waals surface area contributed by atoms with Crippen molar-refractivity contribution in [3.63, 3.8) is 0 Å². The topological polar surface area (TPSA) is 34.6 Å². The lowest BCUT2D eigenvalue weighted by Gasteiger charge is -2.10. The van der Waals surface area contributed by atoms with E-state index in [1.54, 1.807) is 0 Å². The number of fused-ring (bicyclic) bond motifs is 2. The lowest BCUT2D eigenvalue weighted by molar-refractivity contribution is 0.745. The minimum absolute atomic E-state index is 0.423. The van der Waals surface area contributed by atoms with Crippen molar-refractivity contribution in [1.29, 1.82) is 0 Å². The van der Waals surface area contributed by atoms with Crippen molar-refractivity contribution in [2.75, 3.05) is 0 Å². The number of hydrogen-bond acceptors (Lipinski definition) is 2. The zero-order valence-electron chi connectivity index (χ0n) is 14.3. The second kappa shape index (κ2) is 5.78. The SMILES string of the molecule is CC(C)c1cc2cc(CC(C)c3cnn4cccc4c3)cn2cn1. The Hall–Kier alpha value is -2.62. The van der Waals surface area contributed by atoms with E-state index in [9.17, 15) is 0 Å². The molecule has 24 heavy (non-hydrogen) atoms. The molecule has 122 valence electrons. The van der Waals surface area contributed by atoms with Crippen LogP contribution < -0.4 is 0 Å². The van der Waals surface area contributed by atoms with Gasteiger partial charge in [-0.2, -0.15) is 5.10 Å². The van der Waals surface area contributed by atoms with Gasteiger partial charge in [0.25, 0.3) is 0 Å². The molecule has 4 aromatic rings. The summed E-state index contributed by atoms with van der Waals surface area (Å²) in [6.45, 7) is 6.61. The van der Waals surface area contributed by atoms with Gasteiger partial charge in [0.05, 0.1) is 18.0 Å². The monoisotopic (exact) mass is 318 g/mol. The molecule has 0 aliphatic heterocycles. The van der Waals surface area contributed by atoms with Gasteiger partial charge in [-0.15, -0.1) is 0 Å². The number of rotatable bonds is 4. The Balaban J connectivity index is 1.60. The minimum atomic E-state index is 0.423. The molecule has 0 radical (unpaired) electrons. The molecule has 4 rings (SSSR count). The maximum Gasteiger partial charge on any atom is 0.0994 e. The average molecular weight is 318 g/mol. The van der Waals surface area contributed by atoms with Crippen molar-refractivity contribution >= 4 is 11.0 Å². The van der Waals surface area contributed by atoms with E-state index in [2.05, 4.69) is 65.7 Å². The van der Waals surface area contributed by atoms with Gasteiger partial charge in [0.15, 0.2) is 0 Å². The van der Waals surface area contributed by atoms with Gasteiger partial charge in [-0.05, 0) is 59.7 Å². The highest BCUT2D eigenvalue weighted by atomic mass is 15.2. The summed E-state index contributed by atoms with van der Waals surface area (Å²) in [5.41, 5.74) is 6.12. The molecule has 4 heteroatoms. The van der Waals surface area contributed by atoms with Crippen LogP contribution in [0, 0.1) is 0 Å². The summed E-state index contributed by atoms with van der Waals surface area (Å²) in [6, 6.07) is 10.8. The molecule has 1 unspecified atom stereocenters. The van der Waals surface area contributed by atoms with Crippen LogP contribution in [0.1, 0.15) is 49.4 Å². The average Bonchev–Trinajstić information content (AvgIpc) is 3.18. The van der Waals surface area contributed by atoms with Crippen LogP contribution >= 0.6 is 0 Å². The van der Waals surface area contributed by atoms with Gasteiger partial charge in [0.2, 0.25) is 0 Å². The molecule has 4 aromatic heterocycles. The summed E-state index contributed by atoms with van der Waals surface area (Å²) >= 11 is 0. The fourth-order valence-electron chi connectivity index (χ4n) is 3.20. The molecular weight excluding hydrogens is 296 g/mol. The molecule has 0 aliphatic carbocycles. The molecule has 1 atom stereocenters. The molecule has 4 heterocycles. The molecule has 4 nitrogen and oxygen atoms in total. The number of hydrogen-bond donors (Lipinski definition) is 0. The van der Waals surface area contributed by atoms with Crippen LogP contribution in [0.2, 0.25) is 0 Å². The molecule has 0 aromatic carbocycles. The summed E-state index contributed by atoms with van der Waals surface area (Å²) in [4.78, 5) is 4.54. The molecule has 0 fully saturated rings. The van der Waals surface area contributed by atoms with Crippen molar-refractivity contribution in [2.24, 2.45) is 0 Å². The Bertz CT molecular complexity index is 993. The van der Waals surface area contributed by atoms with Crippen LogP contribution in [0.5, 0.6) is 0 Å². The maximum absolute atomic E-state index is 4.54. The van der Waals surface area contributed by atoms with Gasteiger partial charge < -0.3 is 4.40 Å². The van der Waals surface area contributed by atoms with E-state index in [1.165, 1.54) is 16.6 Å². The Morgan fingerprint density at radius 2 is 1.96 bits per heavy atom. The van der Waals surface area contributed by atoms with Crippen LogP contribution in [0.4, 0.5) is 0 Å². The highest BCUT2D eigenvalue weighted by Crippen LogP contribution is 2.23. The van der Waals surface area contributed by atoms with Gasteiger partial charge in [-0.25, -0.2) is 9.50 Å². The zero-order valence-corrected chi connectivity index (χ0v) is 14.3. The van der Waals surface area contributed by atoms with Crippen LogP contribution in [0.3, 0.4) is 0 Å². The van der Waals surface area contributed by atoms with E-state index in [4.69, 9.17) is 0 Å². The first kappa shape index (κ1) is 14.9. The van der Waals surface area contributed by atoms with E-state index in [-0.39, 0.29) is 0 Å². The van der Waals surface area contributed by atoms with Crippen LogP contribution in [0.25, 0.3) is 11.0 Å². The molecular formula is C20H22N4. The third kappa shape index (κ3) is 2.68. The zero-order chi connectivity index (χ0) is 16.7. The standard InChI is InChI=1S/C20H22N4/c1-14(2)20-10-19-8-16(12-23(19)13-21-20)7-15(3)17-9-18-5-4-6-24(18)22-11-17/h4-6,8-15H,7H2,1-3H3. The van der Waals surface area contributed by atoms with Crippen molar-refractivity contribution < 1.29 is 0 Å². The molecule has 0 saturated heterocycles. The van der Waals surface area contributed by atoms with E-state index in [0.717, 1.165) is 17.6 Å². The van der Waals surface area contributed by atoms with E-state index >= 15 is 0 Å². The first-order valence-electron chi connectivity index (χ1n) is 8.50. The Morgan fingerprint density at radius 3 is 2.79 bits per heavy atom. The molecule has 0 saturated carbocycles. The minimum Gasteiger partial charge on any atom is -0.308 e. The molecule has 0 aliphatic rings. The molecule has 0 N–H and O–H groups in total. The van der Waals surface area contributed by atoms with Crippen LogP contribution in [-0.2, 0) is 6.42 Å². The second-order valence-electron chi connectivity index (χ2n) is 6.92. The summed E-state index contributed by atoms with van der Waals surface area (Å²) in [6.07, 6.45) is 9.06. The van der Waals surface area contributed by atoms with E-state index in [1.807, 2.05) is 29.3 Å². The van der Waals surface area contributed by atoms with E-state index in [0.29, 0.717) is 11.8 Å². The Kier molecular flexibility index (Phi) is 3.60. The maximum atomic E-state index is 4.54. The van der Waals surface area contributed by atoms with Crippen molar-refractivity contribution in [3.8, 4) is 0 Å². The largest absolute Gasteiger partial charge is 0.308 e. The van der Waals surface area contributed by atoms with Gasteiger partial charge in [-0.3, -0.25) is 0 Å². The lowest BCUT2D eigenvalue weighted by atomic mass is 9.96. The number of nitrogens with zero attached hydrogens (tertiary/aromatic N) is 4. The van der Waals surface area contributed by atoms with Crippen LogP contribution in [-0.4, -0.2) is 19.0 Å². The van der Waals surface area contributed by atoms with Crippen LogP contribution in [0.15, 0.2) is 55.2 Å². The third-order valence-corrected chi connectivity index (χ3v) is 4.67. The second-order valence-corrected chi connectivity index (χ2v) is 6.92. The lowest BCUT2D eigenvalue weighted by Crippen LogP contribution is -2.00. The summed E-state index contributed by atoms with van der Waals surface area (Å²) in [5, 5.41) is 4.48. The quantitative estimate of drug-likeness (QED) is 0.557. The predicted octanol–water partition coefficient (Wildman–Crippen LogP) is 4.45. The first-order valence-corrected chi connectivity index (χ1v) is 8.50. The van der Waals surface area contributed by atoms with Gasteiger partial charge in [0.1, 0.15) is 0 Å². The summed E-state index contributed by atoms with van der Waals surface area (Å²) in [5.74, 6) is 0.875. The van der Waals surface area contributed by atoms with Gasteiger partial charge >= 0.3 is 0 Å². The first-order chi connectivity index (χ1) is 11.6. The molecule has 0 bridgehead atoms. The normalized spacial score (nSPS) is 13.2. The highest BCUT2D eigenvalue weighted by Gasteiger charge is 2.11. The van der Waals surface area contributed by atoms with Crippen molar-refractivity contribution in [2.45, 2.75) is 39.0 Å². The predicted molar refractivity (Wildman–Crippen MR) is 96.6 cm³/mol. The van der Waals surface area contributed by atoms with Gasteiger partial charge in [0, 0.05) is 23.6 Å². The van der Waals surface area contributed by atoms with Crippen molar-refractivity contribution in [3.05, 3.63) is 72.1 Å².